The van der Waals surface area contributed by atoms with Crippen molar-refractivity contribution in [3.63, 3.8) is 0 Å². The molecule has 1 aromatic rings. The van der Waals surface area contributed by atoms with Crippen LogP contribution in [0.5, 0.6) is 0 Å². The highest BCUT2D eigenvalue weighted by Gasteiger charge is 2.09. The summed E-state index contributed by atoms with van der Waals surface area (Å²) in [6.45, 7) is 2.23. The average molecular weight is 227 g/mol. The summed E-state index contributed by atoms with van der Waals surface area (Å²) in [4.78, 5) is 4.16. The minimum absolute atomic E-state index is 0.551. The average Bonchev–Trinajstić information content (AvgIpc) is 2.26. The van der Waals surface area contributed by atoms with Gasteiger partial charge >= 0.3 is 0 Å². The second-order valence-electron chi connectivity index (χ2n) is 3.08. The molecule has 0 N–H and O–H groups in total. The van der Waals surface area contributed by atoms with Gasteiger partial charge in [0.2, 0.25) is 0 Å². The summed E-state index contributed by atoms with van der Waals surface area (Å²) in [6.07, 6.45) is 8.55. The van der Waals surface area contributed by atoms with Gasteiger partial charge in [0.15, 0.2) is 0 Å². The number of rotatable bonds is 6. The van der Waals surface area contributed by atoms with Crippen LogP contribution in [0.25, 0.3) is 0 Å². The molecule has 0 aliphatic heterocycles. The minimum Gasteiger partial charge on any atom is -0.264 e. The number of unbranched alkanes of at least 4 members (excludes halogenated alkanes) is 1. The lowest BCUT2D eigenvalue weighted by atomic mass is 10.3. The lowest BCUT2D eigenvalue weighted by Crippen LogP contribution is -1.91. The van der Waals surface area contributed by atoms with Crippen molar-refractivity contribution in [2.24, 2.45) is 0 Å². The molecule has 0 aliphatic rings. The van der Waals surface area contributed by atoms with E-state index >= 15 is 0 Å². The molecular weight excluding hydrogens is 210 g/mol. The standard InChI is InChI=1S/C11H17NS2/c1-3-4-8-14-11(13-2)10-6-5-7-12-9-10/h5-7,9,11H,3-4,8H2,1-2H3. The zero-order chi connectivity index (χ0) is 10.2. The highest BCUT2D eigenvalue weighted by atomic mass is 32.2. The molecule has 0 saturated carbocycles. The van der Waals surface area contributed by atoms with E-state index in [1.54, 1.807) is 0 Å². The molecule has 1 aromatic heterocycles. The van der Waals surface area contributed by atoms with Gasteiger partial charge in [0.05, 0.1) is 4.58 Å². The molecular formula is C11H17NS2. The quantitative estimate of drug-likeness (QED) is 0.539. The molecule has 1 rings (SSSR count). The normalized spacial score (nSPS) is 12.7. The molecule has 0 aromatic carbocycles. The smallest absolute Gasteiger partial charge is 0.0763 e. The van der Waals surface area contributed by atoms with Crippen LogP contribution in [-0.2, 0) is 0 Å². The second-order valence-corrected chi connectivity index (χ2v) is 5.53. The summed E-state index contributed by atoms with van der Waals surface area (Å²) in [7, 11) is 0. The van der Waals surface area contributed by atoms with Crippen LogP contribution in [0, 0.1) is 0 Å². The SMILES string of the molecule is CCCCSC(SC)c1cccnc1. The maximum absolute atomic E-state index is 4.16. The van der Waals surface area contributed by atoms with Crippen LogP contribution in [0.2, 0.25) is 0 Å². The third-order valence-corrected chi connectivity index (χ3v) is 4.72. The summed E-state index contributed by atoms with van der Waals surface area (Å²) in [5.74, 6) is 1.25. The van der Waals surface area contributed by atoms with Gasteiger partial charge in [-0.05, 0) is 30.1 Å². The molecule has 1 unspecified atom stereocenters. The van der Waals surface area contributed by atoms with Crippen LogP contribution in [-0.4, -0.2) is 17.0 Å². The number of pyridine rings is 1. The molecule has 0 bridgehead atoms. The molecule has 0 radical (unpaired) electrons. The van der Waals surface area contributed by atoms with Gasteiger partial charge < -0.3 is 0 Å². The van der Waals surface area contributed by atoms with E-state index in [1.807, 2.05) is 42.0 Å². The summed E-state index contributed by atoms with van der Waals surface area (Å²) in [5, 5.41) is 0. The van der Waals surface area contributed by atoms with Gasteiger partial charge in [-0.1, -0.05) is 19.4 Å². The third kappa shape index (κ3) is 3.93. The number of hydrogen-bond donors (Lipinski definition) is 0. The molecule has 78 valence electrons. The minimum atomic E-state index is 0.551. The first-order valence-corrected chi connectivity index (χ1v) is 7.26. The molecule has 0 aliphatic carbocycles. The summed E-state index contributed by atoms with van der Waals surface area (Å²) in [5.41, 5.74) is 1.33. The molecule has 0 amide bonds. The summed E-state index contributed by atoms with van der Waals surface area (Å²) >= 11 is 3.92. The van der Waals surface area contributed by atoms with Crippen molar-refractivity contribution in [1.29, 1.82) is 0 Å². The van der Waals surface area contributed by atoms with Crippen LogP contribution in [0.3, 0.4) is 0 Å². The van der Waals surface area contributed by atoms with E-state index < -0.39 is 0 Å². The van der Waals surface area contributed by atoms with Crippen molar-refractivity contribution >= 4 is 23.5 Å². The third-order valence-electron chi connectivity index (χ3n) is 1.94. The van der Waals surface area contributed by atoms with Crippen LogP contribution >= 0.6 is 23.5 Å². The van der Waals surface area contributed by atoms with Gasteiger partial charge in [-0.3, -0.25) is 4.98 Å². The fraction of sp³-hybridized carbons (Fsp3) is 0.545. The summed E-state index contributed by atoms with van der Waals surface area (Å²) < 4.78 is 0.551. The zero-order valence-electron chi connectivity index (χ0n) is 8.77. The lowest BCUT2D eigenvalue weighted by Gasteiger charge is -2.13. The Morgan fingerprint density at radius 1 is 1.50 bits per heavy atom. The second kappa shape index (κ2) is 7.18. The first-order chi connectivity index (χ1) is 6.88. The molecule has 1 atom stereocenters. The molecule has 0 spiro atoms. The number of hydrogen-bond acceptors (Lipinski definition) is 3. The van der Waals surface area contributed by atoms with Crippen LogP contribution in [0.4, 0.5) is 0 Å². The van der Waals surface area contributed by atoms with Crippen molar-refractivity contribution in [1.82, 2.24) is 4.98 Å². The molecule has 3 heteroatoms. The Balaban J connectivity index is 2.46. The van der Waals surface area contributed by atoms with Crippen molar-refractivity contribution in [3.8, 4) is 0 Å². The van der Waals surface area contributed by atoms with E-state index in [4.69, 9.17) is 0 Å². The van der Waals surface area contributed by atoms with Gasteiger partial charge in [-0.2, -0.15) is 0 Å². The number of nitrogens with zero attached hydrogens (tertiary/aromatic N) is 1. The zero-order valence-corrected chi connectivity index (χ0v) is 10.4. The summed E-state index contributed by atoms with van der Waals surface area (Å²) in [6, 6.07) is 4.17. The predicted octanol–water partition coefficient (Wildman–Crippen LogP) is 3.98. The van der Waals surface area contributed by atoms with E-state index in [0.717, 1.165) is 0 Å². The molecule has 14 heavy (non-hydrogen) atoms. The maximum atomic E-state index is 4.16. The fourth-order valence-electron chi connectivity index (χ4n) is 1.15. The Morgan fingerprint density at radius 2 is 2.36 bits per heavy atom. The number of thioether (sulfide) groups is 2. The molecule has 0 saturated heterocycles. The lowest BCUT2D eigenvalue weighted by molar-refractivity contribution is 0.895. The van der Waals surface area contributed by atoms with Gasteiger partial charge in [-0.25, -0.2) is 0 Å². The van der Waals surface area contributed by atoms with E-state index in [9.17, 15) is 0 Å². The van der Waals surface area contributed by atoms with Crippen LogP contribution in [0.15, 0.2) is 24.5 Å². The fourth-order valence-corrected chi connectivity index (χ4v) is 3.40. The predicted molar refractivity (Wildman–Crippen MR) is 67.9 cm³/mol. The topological polar surface area (TPSA) is 12.9 Å². The number of aromatic nitrogens is 1. The Kier molecular flexibility index (Phi) is 6.12. The Morgan fingerprint density at radius 3 is 2.93 bits per heavy atom. The maximum Gasteiger partial charge on any atom is 0.0763 e. The van der Waals surface area contributed by atoms with E-state index in [1.165, 1.54) is 24.2 Å². The van der Waals surface area contributed by atoms with Gasteiger partial charge in [0, 0.05) is 12.4 Å². The van der Waals surface area contributed by atoms with Gasteiger partial charge in [0.25, 0.3) is 0 Å². The van der Waals surface area contributed by atoms with E-state index in [-0.39, 0.29) is 0 Å². The van der Waals surface area contributed by atoms with Crippen molar-refractivity contribution < 1.29 is 0 Å². The molecule has 0 fully saturated rings. The van der Waals surface area contributed by atoms with Crippen LogP contribution in [0.1, 0.15) is 29.9 Å². The first kappa shape index (κ1) is 11.9. The van der Waals surface area contributed by atoms with Crippen molar-refractivity contribution in [2.75, 3.05) is 12.0 Å². The first-order valence-electron chi connectivity index (χ1n) is 4.92. The van der Waals surface area contributed by atoms with Gasteiger partial charge in [-0.15, -0.1) is 23.5 Å². The molecule has 1 heterocycles. The highest BCUT2D eigenvalue weighted by molar-refractivity contribution is 8.16. The van der Waals surface area contributed by atoms with E-state index in [0.29, 0.717) is 4.58 Å². The molecule has 1 nitrogen and oxygen atoms in total. The van der Waals surface area contributed by atoms with E-state index in [2.05, 4.69) is 24.2 Å². The Labute approximate surface area is 95.1 Å². The highest BCUT2D eigenvalue weighted by Crippen LogP contribution is 2.37. The Bertz CT molecular complexity index is 238. The van der Waals surface area contributed by atoms with Crippen LogP contribution < -0.4 is 0 Å². The van der Waals surface area contributed by atoms with Gasteiger partial charge in [0.1, 0.15) is 0 Å². The monoisotopic (exact) mass is 227 g/mol. The Hall–Kier alpha value is -0.150. The largest absolute Gasteiger partial charge is 0.264 e. The van der Waals surface area contributed by atoms with Crippen molar-refractivity contribution in [2.45, 2.75) is 24.3 Å². The van der Waals surface area contributed by atoms with Crippen molar-refractivity contribution in [3.05, 3.63) is 30.1 Å².